The van der Waals surface area contributed by atoms with Crippen LogP contribution in [0.2, 0.25) is 5.15 Å². The maximum absolute atomic E-state index is 10.5. The molecule has 0 aliphatic heterocycles. The third kappa shape index (κ3) is 2.88. The quantitative estimate of drug-likeness (QED) is 0.874. The number of pyridine rings is 1. The summed E-state index contributed by atoms with van der Waals surface area (Å²) in [5.41, 5.74) is 3.54. The molecule has 1 N–H and O–H groups in total. The second-order valence-electron chi connectivity index (χ2n) is 4.49. The summed E-state index contributed by atoms with van der Waals surface area (Å²) in [5, 5.41) is 10.8. The molecule has 2 rings (SSSR count). The molecule has 1 unspecified atom stereocenters. The van der Waals surface area contributed by atoms with Crippen LogP contribution in [0.1, 0.15) is 28.4 Å². The molecule has 0 spiro atoms. The summed E-state index contributed by atoms with van der Waals surface area (Å²) in [6.07, 6.45) is 0.872. The van der Waals surface area contributed by atoms with Crippen molar-refractivity contribution in [3.05, 3.63) is 57.9 Å². The van der Waals surface area contributed by atoms with Gasteiger partial charge in [-0.25, -0.2) is 4.98 Å². The van der Waals surface area contributed by atoms with E-state index in [2.05, 4.69) is 4.98 Å². The Morgan fingerprint density at radius 1 is 1.21 bits per heavy atom. The van der Waals surface area contributed by atoms with Crippen molar-refractivity contribution in [1.82, 2.24) is 4.98 Å². The molecule has 19 heavy (non-hydrogen) atoms. The Morgan fingerprint density at radius 2 is 1.95 bits per heavy atom. The molecule has 0 radical (unpaired) electrons. The molecule has 3 nitrogen and oxygen atoms in total. The van der Waals surface area contributed by atoms with Crippen molar-refractivity contribution in [2.75, 3.05) is 7.11 Å². The van der Waals surface area contributed by atoms with E-state index in [0.29, 0.717) is 5.15 Å². The van der Waals surface area contributed by atoms with Gasteiger partial charge in [0.15, 0.2) is 0 Å². The third-order valence-corrected chi connectivity index (χ3v) is 3.35. The van der Waals surface area contributed by atoms with Gasteiger partial charge in [0, 0.05) is 6.20 Å². The molecule has 0 saturated heterocycles. The van der Waals surface area contributed by atoms with Crippen molar-refractivity contribution in [2.45, 2.75) is 20.0 Å². The molecular formula is C15H16ClNO2. The molecule has 0 aliphatic carbocycles. The number of rotatable bonds is 3. The van der Waals surface area contributed by atoms with E-state index >= 15 is 0 Å². The molecule has 1 heterocycles. The summed E-state index contributed by atoms with van der Waals surface area (Å²) in [6, 6.07) is 7.30. The van der Waals surface area contributed by atoms with Crippen molar-refractivity contribution >= 4 is 11.6 Å². The number of halogens is 1. The van der Waals surface area contributed by atoms with E-state index in [1.54, 1.807) is 25.4 Å². The number of aromatic nitrogens is 1. The predicted molar refractivity (Wildman–Crippen MR) is 75.8 cm³/mol. The molecule has 0 amide bonds. The zero-order valence-electron chi connectivity index (χ0n) is 11.1. The molecule has 100 valence electrons. The van der Waals surface area contributed by atoms with Crippen molar-refractivity contribution in [2.24, 2.45) is 0 Å². The summed E-state index contributed by atoms with van der Waals surface area (Å²) in [6.45, 7) is 3.90. The number of ether oxygens (including phenoxy) is 1. The number of hydrogen-bond acceptors (Lipinski definition) is 3. The SMILES string of the molecule is COc1cc(C)c(C(O)c2ccnc(Cl)c2)cc1C. The first kappa shape index (κ1) is 13.8. The number of hydrogen-bond donors (Lipinski definition) is 1. The highest BCUT2D eigenvalue weighted by Crippen LogP contribution is 2.30. The van der Waals surface area contributed by atoms with Crippen LogP contribution in [0.5, 0.6) is 5.75 Å². The number of nitrogens with zero attached hydrogens (tertiary/aromatic N) is 1. The molecule has 0 fully saturated rings. The normalized spacial score (nSPS) is 12.3. The summed E-state index contributed by atoms with van der Waals surface area (Å²) in [4.78, 5) is 3.92. The second kappa shape index (κ2) is 5.59. The Labute approximate surface area is 117 Å². The van der Waals surface area contributed by atoms with E-state index in [0.717, 1.165) is 28.0 Å². The first-order valence-electron chi connectivity index (χ1n) is 5.97. The Kier molecular flexibility index (Phi) is 4.08. The molecule has 2 aromatic rings. The van der Waals surface area contributed by atoms with Crippen LogP contribution in [0, 0.1) is 13.8 Å². The third-order valence-electron chi connectivity index (χ3n) is 3.14. The lowest BCUT2D eigenvalue weighted by Gasteiger charge is -2.17. The van der Waals surface area contributed by atoms with Gasteiger partial charge in [-0.05, 0) is 60.4 Å². The van der Waals surface area contributed by atoms with Crippen molar-refractivity contribution in [3.63, 3.8) is 0 Å². The summed E-state index contributed by atoms with van der Waals surface area (Å²) >= 11 is 5.85. The monoisotopic (exact) mass is 277 g/mol. The van der Waals surface area contributed by atoms with E-state index in [4.69, 9.17) is 16.3 Å². The molecular weight excluding hydrogens is 262 g/mol. The van der Waals surface area contributed by atoms with E-state index in [9.17, 15) is 5.11 Å². The molecule has 1 atom stereocenters. The lowest BCUT2D eigenvalue weighted by atomic mass is 9.96. The first-order chi connectivity index (χ1) is 9.02. The topological polar surface area (TPSA) is 42.4 Å². The van der Waals surface area contributed by atoms with Crippen LogP contribution in [-0.2, 0) is 0 Å². The zero-order valence-corrected chi connectivity index (χ0v) is 11.9. The number of benzene rings is 1. The maximum atomic E-state index is 10.5. The first-order valence-corrected chi connectivity index (χ1v) is 6.35. The second-order valence-corrected chi connectivity index (χ2v) is 4.88. The van der Waals surface area contributed by atoms with E-state index < -0.39 is 6.10 Å². The number of aliphatic hydroxyl groups excluding tert-OH is 1. The van der Waals surface area contributed by atoms with E-state index in [1.165, 1.54) is 0 Å². The summed E-state index contributed by atoms with van der Waals surface area (Å²) in [7, 11) is 1.64. The van der Waals surface area contributed by atoms with Gasteiger partial charge < -0.3 is 9.84 Å². The Balaban J connectivity index is 2.44. The molecule has 0 aliphatic rings. The van der Waals surface area contributed by atoms with Crippen LogP contribution >= 0.6 is 11.6 Å². The highest BCUT2D eigenvalue weighted by Gasteiger charge is 2.15. The van der Waals surface area contributed by atoms with Crippen LogP contribution < -0.4 is 4.74 Å². The molecule has 4 heteroatoms. The van der Waals surface area contributed by atoms with Gasteiger partial charge in [-0.15, -0.1) is 0 Å². The van der Waals surface area contributed by atoms with Gasteiger partial charge in [-0.2, -0.15) is 0 Å². The van der Waals surface area contributed by atoms with Gasteiger partial charge in [-0.3, -0.25) is 0 Å². The fraction of sp³-hybridized carbons (Fsp3) is 0.267. The number of aryl methyl sites for hydroxylation is 2. The minimum atomic E-state index is -0.717. The molecule has 1 aromatic heterocycles. The van der Waals surface area contributed by atoms with Crippen molar-refractivity contribution in [1.29, 1.82) is 0 Å². The van der Waals surface area contributed by atoms with Gasteiger partial charge in [-0.1, -0.05) is 11.6 Å². The van der Waals surface area contributed by atoms with E-state index in [-0.39, 0.29) is 0 Å². The van der Waals surface area contributed by atoms with Gasteiger partial charge in [0.25, 0.3) is 0 Å². The average Bonchev–Trinajstić information content (AvgIpc) is 2.40. The highest BCUT2D eigenvalue weighted by atomic mass is 35.5. The van der Waals surface area contributed by atoms with Crippen molar-refractivity contribution < 1.29 is 9.84 Å². The van der Waals surface area contributed by atoms with Crippen LogP contribution in [0.15, 0.2) is 30.5 Å². The average molecular weight is 278 g/mol. The molecule has 0 saturated carbocycles. The lowest BCUT2D eigenvalue weighted by Crippen LogP contribution is -2.04. The Hall–Kier alpha value is -1.58. The van der Waals surface area contributed by atoms with Gasteiger partial charge in [0.2, 0.25) is 0 Å². The maximum Gasteiger partial charge on any atom is 0.129 e. The fourth-order valence-electron chi connectivity index (χ4n) is 2.09. The molecule has 1 aromatic carbocycles. The molecule has 0 bridgehead atoms. The minimum absolute atomic E-state index is 0.374. The zero-order chi connectivity index (χ0) is 14.0. The summed E-state index contributed by atoms with van der Waals surface area (Å²) in [5.74, 6) is 0.821. The van der Waals surface area contributed by atoms with Crippen LogP contribution in [-0.4, -0.2) is 17.2 Å². The standard InChI is InChI=1S/C15H16ClNO2/c1-9-7-13(19-3)10(2)6-12(9)15(18)11-4-5-17-14(16)8-11/h4-8,15,18H,1-3H3. The van der Waals surface area contributed by atoms with E-state index in [1.807, 2.05) is 26.0 Å². The smallest absolute Gasteiger partial charge is 0.129 e. The van der Waals surface area contributed by atoms with Crippen LogP contribution in [0.3, 0.4) is 0 Å². The van der Waals surface area contributed by atoms with Crippen LogP contribution in [0.25, 0.3) is 0 Å². The van der Waals surface area contributed by atoms with Gasteiger partial charge >= 0.3 is 0 Å². The van der Waals surface area contributed by atoms with Gasteiger partial charge in [0.1, 0.15) is 17.0 Å². The number of methoxy groups -OCH3 is 1. The van der Waals surface area contributed by atoms with Gasteiger partial charge in [0.05, 0.1) is 7.11 Å². The largest absolute Gasteiger partial charge is 0.496 e. The fourth-order valence-corrected chi connectivity index (χ4v) is 2.28. The summed E-state index contributed by atoms with van der Waals surface area (Å²) < 4.78 is 5.27. The Bertz CT molecular complexity index is 599. The highest BCUT2D eigenvalue weighted by molar-refractivity contribution is 6.29. The van der Waals surface area contributed by atoms with Crippen LogP contribution in [0.4, 0.5) is 0 Å². The lowest BCUT2D eigenvalue weighted by molar-refractivity contribution is 0.219. The van der Waals surface area contributed by atoms with Crippen molar-refractivity contribution in [3.8, 4) is 5.75 Å². The minimum Gasteiger partial charge on any atom is -0.496 e. The number of aliphatic hydroxyl groups is 1. The Morgan fingerprint density at radius 3 is 2.58 bits per heavy atom. The predicted octanol–water partition coefficient (Wildman–Crippen LogP) is 3.44.